The van der Waals surface area contributed by atoms with Gasteiger partial charge in [0.1, 0.15) is 17.0 Å². The minimum absolute atomic E-state index is 0.0682. The number of sulfonamides is 1. The van der Waals surface area contributed by atoms with Crippen molar-refractivity contribution in [3.63, 3.8) is 0 Å². The number of hydrogen-bond donors (Lipinski definition) is 2. The molecule has 9 nitrogen and oxygen atoms in total. The molecule has 4 rings (SSSR count). The fourth-order valence-electron chi connectivity index (χ4n) is 4.93. The molecule has 3 fully saturated rings. The Balaban J connectivity index is 1.44. The first-order chi connectivity index (χ1) is 15.7. The van der Waals surface area contributed by atoms with Crippen LogP contribution in [0.3, 0.4) is 0 Å². The molecule has 0 unspecified atom stereocenters. The summed E-state index contributed by atoms with van der Waals surface area (Å²) >= 11 is 6.15. The van der Waals surface area contributed by atoms with Crippen molar-refractivity contribution >= 4 is 45.2 Å². The van der Waals surface area contributed by atoms with Crippen LogP contribution < -0.4 is 10.6 Å². The molecule has 11 heteroatoms. The van der Waals surface area contributed by atoms with Gasteiger partial charge in [0.15, 0.2) is 0 Å². The van der Waals surface area contributed by atoms with E-state index in [-0.39, 0.29) is 21.5 Å². The van der Waals surface area contributed by atoms with E-state index in [0.29, 0.717) is 31.8 Å². The molecule has 2 N–H and O–H groups in total. The smallest absolute Gasteiger partial charge is 0.324 e. The molecule has 1 spiro atoms. The largest absolute Gasteiger partial charge is 0.325 e. The van der Waals surface area contributed by atoms with Gasteiger partial charge in [-0.1, -0.05) is 24.9 Å². The third-order valence-electron chi connectivity index (χ3n) is 6.98. The normalized spacial score (nSPS) is 26.1. The lowest BCUT2D eigenvalue weighted by Crippen LogP contribution is -2.49. The maximum absolute atomic E-state index is 13.0. The highest BCUT2D eigenvalue weighted by molar-refractivity contribution is 7.89. The number of rotatable bonds is 6. The molecule has 3 aliphatic rings. The number of amides is 4. The summed E-state index contributed by atoms with van der Waals surface area (Å²) in [5.74, 6) is -0.413. The van der Waals surface area contributed by atoms with Gasteiger partial charge in [0.2, 0.25) is 15.9 Å². The van der Waals surface area contributed by atoms with E-state index in [4.69, 9.17) is 11.6 Å². The third kappa shape index (κ3) is 4.61. The Labute approximate surface area is 198 Å². The van der Waals surface area contributed by atoms with E-state index in [1.54, 1.807) is 0 Å². The van der Waals surface area contributed by atoms with Crippen molar-refractivity contribution in [3.05, 3.63) is 23.2 Å². The number of urea groups is 1. The van der Waals surface area contributed by atoms with E-state index in [1.807, 2.05) is 0 Å². The molecule has 0 atom stereocenters. The van der Waals surface area contributed by atoms with Gasteiger partial charge in [-0.3, -0.25) is 14.5 Å². The Morgan fingerprint density at radius 3 is 2.52 bits per heavy atom. The molecular formula is C22H29ClN4O5S. The van der Waals surface area contributed by atoms with Gasteiger partial charge in [0.25, 0.3) is 5.91 Å². The van der Waals surface area contributed by atoms with E-state index >= 15 is 0 Å². The fraction of sp³-hybridized carbons (Fsp3) is 0.591. The highest BCUT2D eigenvalue weighted by Gasteiger charge is 2.52. The summed E-state index contributed by atoms with van der Waals surface area (Å²) in [6.45, 7) is 2.54. The van der Waals surface area contributed by atoms with Crippen molar-refractivity contribution in [3.8, 4) is 0 Å². The summed E-state index contributed by atoms with van der Waals surface area (Å²) < 4.78 is 27.2. The average Bonchev–Trinajstić information content (AvgIpc) is 3.40. The van der Waals surface area contributed by atoms with Gasteiger partial charge in [0.05, 0.1) is 5.02 Å². The lowest BCUT2D eigenvalue weighted by Gasteiger charge is -2.34. The number of halogens is 1. The monoisotopic (exact) mass is 496 g/mol. The van der Waals surface area contributed by atoms with Gasteiger partial charge in [0, 0.05) is 18.8 Å². The van der Waals surface area contributed by atoms with Crippen molar-refractivity contribution in [2.75, 3.05) is 25.0 Å². The number of carbonyl (C=O) groups is 3. The van der Waals surface area contributed by atoms with E-state index in [9.17, 15) is 22.8 Å². The molecule has 0 radical (unpaired) electrons. The minimum atomic E-state index is -3.77. The zero-order valence-corrected chi connectivity index (χ0v) is 20.2. The van der Waals surface area contributed by atoms with Gasteiger partial charge in [-0.25, -0.2) is 13.2 Å². The molecule has 1 saturated carbocycles. The first-order valence-corrected chi connectivity index (χ1v) is 13.2. The number of hydrogen-bond acceptors (Lipinski definition) is 5. The predicted molar refractivity (Wildman–Crippen MR) is 123 cm³/mol. The zero-order chi connectivity index (χ0) is 23.8. The van der Waals surface area contributed by atoms with Gasteiger partial charge in [-0.2, -0.15) is 4.31 Å². The van der Waals surface area contributed by atoms with Crippen LogP contribution in [0, 0.1) is 5.92 Å². The van der Waals surface area contributed by atoms with Crippen LogP contribution in [0.25, 0.3) is 0 Å². The predicted octanol–water partition coefficient (Wildman–Crippen LogP) is 2.95. The zero-order valence-electron chi connectivity index (χ0n) is 18.6. The fourth-order valence-corrected chi connectivity index (χ4v) is 6.95. The first kappa shape index (κ1) is 24.0. The maximum Gasteiger partial charge on any atom is 0.325 e. The van der Waals surface area contributed by atoms with Crippen LogP contribution >= 0.6 is 11.6 Å². The molecule has 1 aliphatic carbocycles. The molecule has 2 saturated heterocycles. The summed E-state index contributed by atoms with van der Waals surface area (Å²) in [6.07, 6.45) is 5.50. The van der Waals surface area contributed by atoms with Crippen molar-refractivity contribution in [1.29, 1.82) is 0 Å². The number of anilines is 1. The van der Waals surface area contributed by atoms with Gasteiger partial charge >= 0.3 is 6.03 Å². The first-order valence-electron chi connectivity index (χ1n) is 11.4. The lowest BCUT2D eigenvalue weighted by molar-refractivity contribution is -0.135. The number of nitrogens with one attached hydrogen (secondary N) is 2. The van der Waals surface area contributed by atoms with Gasteiger partial charge < -0.3 is 10.6 Å². The van der Waals surface area contributed by atoms with Crippen LogP contribution in [0.2, 0.25) is 5.02 Å². The van der Waals surface area contributed by atoms with Crippen LogP contribution in [-0.2, 0) is 19.6 Å². The Bertz CT molecular complexity index is 1060. The quantitative estimate of drug-likeness (QED) is 0.587. The molecule has 0 bridgehead atoms. The number of carbonyl (C=O) groups excluding carboxylic acids is 3. The lowest BCUT2D eigenvalue weighted by atomic mass is 9.75. The van der Waals surface area contributed by atoms with Crippen LogP contribution in [0.1, 0.15) is 51.9 Å². The van der Waals surface area contributed by atoms with Crippen molar-refractivity contribution < 1.29 is 22.8 Å². The maximum atomic E-state index is 13.0. The van der Waals surface area contributed by atoms with Crippen molar-refractivity contribution in [2.24, 2.45) is 5.92 Å². The van der Waals surface area contributed by atoms with Crippen LogP contribution in [0.15, 0.2) is 23.1 Å². The number of benzene rings is 1. The van der Waals surface area contributed by atoms with Gasteiger partial charge in [-0.05, 0) is 62.6 Å². The van der Waals surface area contributed by atoms with Crippen molar-refractivity contribution in [1.82, 2.24) is 14.5 Å². The number of imide groups is 1. The molecule has 180 valence electrons. The standard InChI is InChI=1S/C22H29ClN4O5S/c1-2-15-7-9-22(10-8-15)20(29)27(21(30)25-22)14-19(28)24-16-5-6-17(23)18(13-16)33(31,32)26-11-3-4-12-26/h5-6,13,15H,2-4,7-12,14H2,1H3,(H,24,28)(H,25,30). The highest BCUT2D eigenvalue weighted by Crippen LogP contribution is 2.37. The third-order valence-corrected chi connectivity index (χ3v) is 9.36. The number of nitrogens with zero attached hydrogens (tertiary/aromatic N) is 2. The molecule has 33 heavy (non-hydrogen) atoms. The highest BCUT2D eigenvalue weighted by atomic mass is 35.5. The minimum Gasteiger partial charge on any atom is -0.324 e. The van der Waals surface area contributed by atoms with Crippen LogP contribution in [0.4, 0.5) is 10.5 Å². The van der Waals surface area contributed by atoms with Crippen molar-refractivity contribution in [2.45, 2.75) is 62.3 Å². The Morgan fingerprint density at radius 1 is 1.21 bits per heavy atom. The van der Waals surface area contributed by atoms with E-state index in [2.05, 4.69) is 17.6 Å². The Hall–Kier alpha value is -2.17. The van der Waals surface area contributed by atoms with E-state index in [1.165, 1.54) is 22.5 Å². The SMILES string of the molecule is CCC1CCC2(CC1)NC(=O)N(CC(=O)Nc1ccc(Cl)c(S(=O)(=O)N3CCCC3)c1)C2=O. The van der Waals surface area contributed by atoms with Crippen LogP contribution in [0.5, 0.6) is 0 Å². The molecule has 2 aliphatic heterocycles. The molecule has 2 heterocycles. The molecule has 1 aromatic carbocycles. The topological polar surface area (TPSA) is 116 Å². The summed E-state index contributed by atoms with van der Waals surface area (Å²) in [5, 5.41) is 5.47. The summed E-state index contributed by atoms with van der Waals surface area (Å²) in [7, 11) is -3.77. The van der Waals surface area contributed by atoms with Crippen LogP contribution in [-0.4, -0.2) is 60.6 Å². The molecule has 1 aromatic rings. The summed E-state index contributed by atoms with van der Waals surface area (Å²) in [4.78, 5) is 39.0. The second kappa shape index (κ2) is 9.23. The molecular weight excluding hydrogens is 468 g/mol. The Morgan fingerprint density at radius 2 is 1.88 bits per heavy atom. The van der Waals surface area contributed by atoms with E-state index in [0.717, 1.165) is 37.0 Å². The summed E-state index contributed by atoms with van der Waals surface area (Å²) in [6, 6.07) is 3.64. The molecule has 4 amide bonds. The van der Waals surface area contributed by atoms with Gasteiger partial charge in [-0.15, -0.1) is 0 Å². The van der Waals surface area contributed by atoms with E-state index < -0.39 is 34.0 Å². The summed E-state index contributed by atoms with van der Waals surface area (Å²) in [5.41, 5.74) is -0.687. The second-order valence-electron chi connectivity index (χ2n) is 9.06. The Kier molecular flexibility index (Phi) is 6.70. The average molecular weight is 497 g/mol. The second-order valence-corrected chi connectivity index (χ2v) is 11.4. The molecule has 0 aromatic heterocycles.